The Bertz CT molecular complexity index is 965. The van der Waals surface area contributed by atoms with E-state index in [0.717, 1.165) is 5.69 Å². The molecular weight excluding hydrogens is 384 g/mol. The monoisotopic (exact) mass is 403 g/mol. The van der Waals surface area contributed by atoms with Crippen molar-refractivity contribution in [3.05, 3.63) is 54.6 Å². The molecule has 0 fully saturated rings. The molecule has 2 amide bonds. The molecule has 0 unspecified atom stereocenters. The van der Waals surface area contributed by atoms with Gasteiger partial charge in [-0.05, 0) is 25.1 Å². The van der Waals surface area contributed by atoms with Gasteiger partial charge in [-0.1, -0.05) is 6.07 Å². The molecule has 3 aromatic rings. The maximum Gasteiger partial charge on any atom is 0.387 e. The predicted molar refractivity (Wildman–Crippen MR) is 102 cm³/mol. The molecule has 0 bridgehead atoms. The number of aromatic nitrogens is 4. The lowest BCUT2D eigenvalue weighted by Gasteiger charge is -2.10. The quantitative estimate of drug-likeness (QED) is 0.500. The smallest absolute Gasteiger partial charge is 0.387 e. The van der Waals surface area contributed by atoms with E-state index in [0.29, 0.717) is 30.4 Å². The summed E-state index contributed by atoms with van der Waals surface area (Å²) < 4.78 is 30.4. The van der Waals surface area contributed by atoms with Crippen molar-refractivity contribution in [1.29, 1.82) is 0 Å². The first kappa shape index (κ1) is 20.0. The van der Waals surface area contributed by atoms with Gasteiger partial charge in [0.25, 0.3) is 0 Å². The second-order valence-electron chi connectivity index (χ2n) is 5.88. The molecule has 2 aromatic heterocycles. The Morgan fingerprint density at radius 2 is 2.07 bits per heavy atom. The summed E-state index contributed by atoms with van der Waals surface area (Å²) >= 11 is 0. The number of urea groups is 1. The van der Waals surface area contributed by atoms with Gasteiger partial charge in [0.15, 0.2) is 5.82 Å². The van der Waals surface area contributed by atoms with Gasteiger partial charge in [-0.3, -0.25) is 0 Å². The molecule has 3 N–H and O–H groups in total. The molecular formula is C18H19F2N7O2. The summed E-state index contributed by atoms with van der Waals surface area (Å²) in [7, 11) is 0. The van der Waals surface area contributed by atoms with E-state index in [9.17, 15) is 13.6 Å². The van der Waals surface area contributed by atoms with Gasteiger partial charge >= 0.3 is 12.6 Å². The van der Waals surface area contributed by atoms with Crippen molar-refractivity contribution in [1.82, 2.24) is 25.1 Å². The Balaban J connectivity index is 1.44. The lowest BCUT2D eigenvalue weighted by Crippen LogP contribution is -2.32. The molecule has 0 aliphatic rings. The molecule has 0 atom stereocenters. The molecule has 152 valence electrons. The third kappa shape index (κ3) is 6.13. The van der Waals surface area contributed by atoms with Crippen LogP contribution in [0.4, 0.5) is 25.1 Å². The summed E-state index contributed by atoms with van der Waals surface area (Å²) in [4.78, 5) is 20.2. The third-order valence-corrected chi connectivity index (χ3v) is 3.64. The van der Waals surface area contributed by atoms with Crippen molar-refractivity contribution in [2.75, 3.05) is 23.7 Å². The minimum atomic E-state index is -2.93. The molecule has 0 aliphatic carbocycles. The number of benzene rings is 1. The number of carbonyl (C=O) groups is 1. The van der Waals surface area contributed by atoms with Crippen LogP contribution in [0.3, 0.4) is 0 Å². The minimum Gasteiger partial charge on any atom is -0.435 e. The molecule has 29 heavy (non-hydrogen) atoms. The Hall–Kier alpha value is -3.76. The fourth-order valence-corrected chi connectivity index (χ4v) is 2.40. The van der Waals surface area contributed by atoms with Crippen LogP contribution < -0.4 is 20.7 Å². The van der Waals surface area contributed by atoms with Gasteiger partial charge in [-0.2, -0.15) is 13.9 Å². The highest BCUT2D eigenvalue weighted by atomic mass is 19.3. The SMILES string of the molecule is Cc1ccn(-c2cc(NCCNC(=O)Nc3cccc(OC(F)F)c3)ncn2)n1. The van der Waals surface area contributed by atoms with Crippen LogP contribution in [0.15, 0.2) is 48.9 Å². The summed E-state index contributed by atoms with van der Waals surface area (Å²) in [6.07, 6.45) is 3.22. The van der Waals surface area contributed by atoms with Crippen LogP contribution in [0, 0.1) is 6.92 Å². The standard InChI is InChI=1S/C18H19F2N7O2/c1-12-5-8-27(26-12)16-10-15(23-11-24-16)21-6-7-22-18(28)25-13-3-2-4-14(9-13)29-17(19)20/h2-5,8-11,17H,6-7H2,1H3,(H,21,23,24)(H2,22,25,28). The maximum atomic E-state index is 12.2. The van der Waals surface area contributed by atoms with Gasteiger partial charge in [0.1, 0.15) is 17.9 Å². The van der Waals surface area contributed by atoms with Gasteiger partial charge in [0.2, 0.25) is 0 Å². The number of nitrogens with zero attached hydrogens (tertiary/aromatic N) is 4. The van der Waals surface area contributed by atoms with Crippen LogP contribution in [0.2, 0.25) is 0 Å². The Kier molecular flexibility index (Phi) is 6.51. The third-order valence-electron chi connectivity index (χ3n) is 3.64. The average molecular weight is 403 g/mol. The van der Waals surface area contributed by atoms with Gasteiger partial charge in [0, 0.05) is 37.1 Å². The Morgan fingerprint density at radius 1 is 1.21 bits per heavy atom. The van der Waals surface area contributed by atoms with Crippen LogP contribution >= 0.6 is 0 Å². The van der Waals surface area contributed by atoms with Crippen LogP contribution in [-0.2, 0) is 0 Å². The molecule has 0 saturated carbocycles. The first-order chi connectivity index (χ1) is 14.0. The normalized spacial score (nSPS) is 10.6. The second-order valence-corrected chi connectivity index (χ2v) is 5.88. The Morgan fingerprint density at radius 3 is 2.83 bits per heavy atom. The zero-order valence-electron chi connectivity index (χ0n) is 15.5. The van der Waals surface area contributed by atoms with Gasteiger partial charge in [-0.15, -0.1) is 0 Å². The number of halogens is 2. The molecule has 0 radical (unpaired) electrons. The minimum absolute atomic E-state index is 0.0357. The predicted octanol–water partition coefficient (Wildman–Crippen LogP) is 2.81. The van der Waals surface area contributed by atoms with E-state index in [2.05, 4.69) is 35.8 Å². The fourth-order valence-electron chi connectivity index (χ4n) is 2.40. The second kappa shape index (κ2) is 9.44. The largest absolute Gasteiger partial charge is 0.435 e. The first-order valence-corrected chi connectivity index (χ1v) is 8.68. The topological polar surface area (TPSA) is 106 Å². The highest BCUT2D eigenvalue weighted by molar-refractivity contribution is 5.89. The van der Waals surface area contributed by atoms with Gasteiger partial charge in [-0.25, -0.2) is 19.4 Å². The molecule has 1 aromatic carbocycles. The van der Waals surface area contributed by atoms with E-state index in [1.54, 1.807) is 23.0 Å². The number of hydrogen-bond acceptors (Lipinski definition) is 6. The molecule has 2 heterocycles. The van der Waals surface area contributed by atoms with Crippen molar-refractivity contribution in [3.8, 4) is 11.6 Å². The van der Waals surface area contributed by atoms with E-state index in [4.69, 9.17) is 0 Å². The molecule has 0 saturated heterocycles. The summed E-state index contributed by atoms with van der Waals surface area (Å²) in [6, 6.07) is 8.88. The number of anilines is 2. The number of alkyl halides is 2. The maximum absolute atomic E-state index is 12.2. The van der Waals surface area contributed by atoms with E-state index < -0.39 is 12.6 Å². The van der Waals surface area contributed by atoms with Crippen LogP contribution in [0.5, 0.6) is 5.75 Å². The lowest BCUT2D eigenvalue weighted by atomic mass is 10.3. The van der Waals surface area contributed by atoms with Gasteiger partial charge < -0.3 is 20.7 Å². The Labute approximate surface area is 165 Å². The highest BCUT2D eigenvalue weighted by Crippen LogP contribution is 2.19. The molecule has 0 spiro atoms. The van der Waals surface area contributed by atoms with E-state index in [1.165, 1.54) is 24.5 Å². The van der Waals surface area contributed by atoms with Crippen molar-refractivity contribution in [3.63, 3.8) is 0 Å². The lowest BCUT2D eigenvalue weighted by molar-refractivity contribution is -0.0497. The first-order valence-electron chi connectivity index (χ1n) is 8.68. The zero-order chi connectivity index (χ0) is 20.6. The number of nitrogens with one attached hydrogen (secondary N) is 3. The number of carbonyl (C=O) groups excluding carboxylic acids is 1. The van der Waals surface area contributed by atoms with E-state index >= 15 is 0 Å². The van der Waals surface area contributed by atoms with Crippen LogP contribution in [0.1, 0.15) is 5.69 Å². The van der Waals surface area contributed by atoms with Crippen molar-refractivity contribution >= 4 is 17.5 Å². The van der Waals surface area contributed by atoms with Gasteiger partial charge in [0.05, 0.1) is 5.69 Å². The van der Waals surface area contributed by atoms with Crippen LogP contribution in [-0.4, -0.2) is 45.5 Å². The zero-order valence-corrected chi connectivity index (χ0v) is 15.5. The number of hydrogen-bond donors (Lipinski definition) is 3. The molecule has 11 heteroatoms. The summed E-state index contributed by atoms with van der Waals surface area (Å²) in [5.74, 6) is 1.17. The van der Waals surface area contributed by atoms with E-state index in [1.807, 2.05) is 13.0 Å². The van der Waals surface area contributed by atoms with E-state index in [-0.39, 0.29) is 5.75 Å². The molecule has 0 aliphatic heterocycles. The van der Waals surface area contributed by atoms with Crippen LogP contribution in [0.25, 0.3) is 5.82 Å². The average Bonchev–Trinajstić information content (AvgIpc) is 3.12. The summed E-state index contributed by atoms with van der Waals surface area (Å²) in [5.41, 5.74) is 1.21. The highest BCUT2D eigenvalue weighted by Gasteiger charge is 2.07. The van der Waals surface area contributed by atoms with Crippen molar-refractivity contribution in [2.24, 2.45) is 0 Å². The summed E-state index contributed by atoms with van der Waals surface area (Å²) in [6.45, 7) is -0.323. The van der Waals surface area contributed by atoms with Crippen molar-refractivity contribution < 1.29 is 18.3 Å². The molecule has 3 rings (SSSR count). The number of aryl methyl sites for hydroxylation is 1. The fraction of sp³-hybridized carbons (Fsp3) is 0.222. The number of ether oxygens (including phenoxy) is 1. The molecule has 9 nitrogen and oxygen atoms in total. The number of amides is 2. The summed E-state index contributed by atoms with van der Waals surface area (Å²) in [5, 5.41) is 12.6. The van der Waals surface area contributed by atoms with Crippen molar-refractivity contribution in [2.45, 2.75) is 13.5 Å². The number of rotatable bonds is 8.